The smallest absolute Gasteiger partial charge is 0.0784 e. The number of quaternary nitrogens is 1. The van der Waals surface area contributed by atoms with Gasteiger partial charge in [-0.25, -0.2) is 0 Å². The molecule has 0 saturated carbocycles. The van der Waals surface area contributed by atoms with Gasteiger partial charge in [-0.1, -0.05) is 102 Å². The van der Waals surface area contributed by atoms with Crippen LogP contribution in [-0.4, -0.2) is 31.2 Å². The summed E-state index contributed by atoms with van der Waals surface area (Å²) in [5.74, 6) is 0. The molecule has 1 aromatic rings. The van der Waals surface area contributed by atoms with Crippen LogP contribution in [0.1, 0.15) is 103 Å². The second-order valence-electron chi connectivity index (χ2n) is 8.59. The molecule has 0 N–H and O–H groups in total. The molecule has 1 nitrogen and oxygen atoms in total. The highest BCUT2D eigenvalue weighted by Gasteiger charge is 2.19. The lowest BCUT2D eigenvalue weighted by Crippen LogP contribution is -3.00. The zero-order valence-electron chi connectivity index (χ0n) is 20.1. The van der Waals surface area contributed by atoms with Crippen molar-refractivity contribution in [1.82, 2.24) is 0 Å². The number of hydrogen-bond donors (Lipinski definition) is 0. The van der Waals surface area contributed by atoms with Crippen LogP contribution in [0.5, 0.6) is 0 Å². The molecule has 0 heterocycles. The molecule has 2 heteroatoms. The van der Waals surface area contributed by atoms with Crippen molar-refractivity contribution >= 4 is 6.08 Å². The van der Waals surface area contributed by atoms with Gasteiger partial charge in [0.2, 0.25) is 0 Å². The van der Waals surface area contributed by atoms with Crippen LogP contribution in [0.15, 0.2) is 36.9 Å². The minimum Gasteiger partial charge on any atom is -1.00 e. The Labute approximate surface area is 190 Å². The molecule has 0 amide bonds. The predicted molar refractivity (Wildman–Crippen MR) is 130 cm³/mol. The standard InChI is InChI=1S/C19H42N.C8H8.ClH/c1-5-8-11-14-17-20(4,18-15-12-9-6-2)19-16-13-10-7-3;1-2-8-6-4-3-5-7-8;/h5-19H2,1-4H3;2-7H,1H2;1H/q+1;;/p-1. The molecular weight excluding hydrogens is 374 g/mol. The highest BCUT2D eigenvalue weighted by molar-refractivity contribution is 5.45. The van der Waals surface area contributed by atoms with E-state index in [1.165, 1.54) is 107 Å². The molecular formula is C27H50ClN. The lowest BCUT2D eigenvalue weighted by atomic mass is 10.1. The molecule has 29 heavy (non-hydrogen) atoms. The van der Waals surface area contributed by atoms with Crippen molar-refractivity contribution in [3.63, 3.8) is 0 Å². The molecule has 0 fully saturated rings. The summed E-state index contributed by atoms with van der Waals surface area (Å²) in [6, 6.07) is 10.0. The summed E-state index contributed by atoms with van der Waals surface area (Å²) in [4.78, 5) is 0. The minimum absolute atomic E-state index is 0. The van der Waals surface area contributed by atoms with Crippen LogP contribution in [0.2, 0.25) is 0 Å². The van der Waals surface area contributed by atoms with E-state index in [0.717, 1.165) is 0 Å². The van der Waals surface area contributed by atoms with E-state index in [4.69, 9.17) is 0 Å². The first kappa shape index (κ1) is 30.4. The molecule has 1 aromatic carbocycles. The van der Waals surface area contributed by atoms with Gasteiger partial charge in [-0.15, -0.1) is 0 Å². The van der Waals surface area contributed by atoms with Crippen LogP contribution >= 0.6 is 0 Å². The fraction of sp³-hybridized carbons (Fsp3) is 0.704. The zero-order chi connectivity index (χ0) is 20.9. The van der Waals surface area contributed by atoms with Gasteiger partial charge in [0.25, 0.3) is 0 Å². The van der Waals surface area contributed by atoms with Gasteiger partial charge in [-0.2, -0.15) is 0 Å². The Balaban J connectivity index is 0. The Bertz CT molecular complexity index is 412. The predicted octanol–water partition coefficient (Wildman–Crippen LogP) is 5.51. The third-order valence-electron chi connectivity index (χ3n) is 5.69. The van der Waals surface area contributed by atoms with Gasteiger partial charge >= 0.3 is 0 Å². The van der Waals surface area contributed by atoms with Gasteiger partial charge in [0.15, 0.2) is 0 Å². The maximum absolute atomic E-state index is 3.63. The fourth-order valence-electron chi connectivity index (χ4n) is 3.69. The second kappa shape index (κ2) is 21.9. The summed E-state index contributed by atoms with van der Waals surface area (Å²) in [6.07, 6.45) is 18.8. The highest BCUT2D eigenvalue weighted by atomic mass is 35.5. The Morgan fingerprint density at radius 2 is 1.03 bits per heavy atom. The maximum atomic E-state index is 3.63. The number of benzene rings is 1. The molecule has 0 unspecified atom stereocenters. The number of unbranched alkanes of at least 4 members (excludes halogenated alkanes) is 9. The summed E-state index contributed by atoms with van der Waals surface area (Å²) in [7, 11) is 2.52. The highest BCUT2D eigenvalue weighted by Crippen LogP contribution is 2.14. The van der Waals surface area contributed by atoms with Gasteiger partial charge < -0.3 is 16.9 Å². The van der Waals surface area contributed by atoms with E-state index in [9.17, 15) is 0 Å². The van der Waals surface area contributed by atoms with Crippen molar-refractivity contribution in [3.8, 4) is 0 Å². The molecule has 0 aliphatic carbocycles. The Morgan fingerprint density at radius 3 is 1.31 bits per heavy atom. The first-order valence-corrected chi connectivity index (χ1v) is 12.1. The number of rotatable bonds is 16. The van der Waals surface area contributed by atoms with Crippen LogP contribution in [0.25, 0.3) is 6.08 Å². The summed E-state index contributed by atoms with van der Waals surface area (Å²) in [6.45, 7) is 14.8. The Kier molecular flexibility index (Phi) is 23.0. The van der Waals surface area contributed by atoms with Gasteiger partial charge in [-0.3, -0.25) is 0 Å². The molecule has 0 bridgehead atoms. The normalized spacial score (nSPS) is 10.6. The fourth-order valence-corrected chi connectivity index (χ4v) is 3.69. The second-order valence-corrected chi connectivity index (χ2v) is 8.59. The molecule has 0 saturated heterocycles. The number of nitrogens with zero attached hydrogens (tertiary/aromatic N) is 1. The maximum Gasteiger partial charge on any atom is 0.0784 e. The third-order valence-corrected chi connectivity index (χ3v) is 5.69. The molecule has 0 aliphatic rings. The topological polar surface area (TPSA) is 0 Å². The number of halogens is 1. The summed E-state index contributed by atoms with van der Waals surface area (Å²) in [5, 5.41) is 0. The molecule has 0 aliphatic heterocycles. The molecule has 170 valence electrons. The van der Waals surface area contributed by atoms with E-state index in [0.29, 0.717) is 0 Å². The molecule has 0 radical (unpaired) electrons. The largest absolute Gasteiger partial charge is 1.00 e. The Hall–Kier alpha value is -0.790. The van der Waals surface area contributed by atoms with Crippen molar-refractivity contribution in [2.75, 3.05) is 26.7 Å². The van der Waals surface area contributed by atoms with Crippen LogP contribution in [0.4, 0.5) is 0 Å². The van der Waals surface area contributed by atoms with Crippen LogP contribution in [0.3, 0.4) is 0 Å². The van der Waals surface area contributed by atoms with Crippen LogP contribution in [-0.2, 0) is 0 Å². The number of hydrogen-bond acceptors (Lipinski definition) is 0. The van der Waals surface area contributed by atoms with Gasteiger partial charge in [0, 0.05) is 0 Å². The molecule has 0 atom stereocenters. The van der Waals surface area contributed by atoms with Crippen molar-refractivity contribution in [2.45, 2.75) is 97.8 Å². The van der Waals surface area contributed by atoms with E-state index in [1.54, 1.807) is 0 Å². The lowest BCUT2D eigenvalue weighted by molar-refractivity contribution is -0.910. The van der Waals surface area contributed by atoms with Crippen molar-refractivity contribution in [3.05, 3.63) is 42.5 Å². The van der Waals surface area contributed by atoms with Crippen molar-refractivity contribution in [2.24, 2.45) is 0 Å². The summed E-state index contributed by atoms with van der Waals surface area (Å²) >= 11 is 0. The Morgan fingerprint density at radius 1 is 0.655 bits per heavy atom. The van der Waals surface area contributed by atoms with E-state index in [-0.39, 0.29) is 12.4 Å². The van der Waals surface area contributed by atoms with E-state index >= 15 is 0 Å². The minimum atomic E-state index is 0. The van der Waals surface area contributed by atoms with E-state index in [1.807, 2.05) is 36.4 Å². The SMILES string of the molecule is C=Cc1ccccc1.CCCCCC[N+](C)(CCCCCC)CCCCCC.[Cl-]. The van der Waals surface area contributed by atoms with E-state index < -0.39 is 0 Å². The first-order valence-electron chi connectivity index (χ1n) is 12.1. The van der Waals surface area contributed by atoms with E-state index in [2.05, 4.69) is 34.4 Å². The van der Waals surface area contributed by atoms with Crippen LogP contribution < -0.4 is 12.4 Å². The molecule has 0 aromatic heterocycles. The van der Waals surface area contributed by atoms with Crippen LogP contribution in [0, 0.1) is 0 Å². The van der Waals surface area contributed by atoms with Gasteiger partial charge in [0.1, 0.15) is 0 Å². The summed E-state index contributed by atoms with van der Waals surface area (Å²) < 4.78 is 1.34. The van der Waals surface area contributed by atoms with Crippen molar-refractivity contribution < 1.29 is 16.9 Å². The average molecular weight is 424 g/mol. The average Bonchev–Trinajstić information content (AvgIpc) is 2.73. The van der Waals surface area contributed by atoms with Gasteiger partial charge in [0.05, 0.1) is 26.7 Å². The summed E-state index contributed by atoms with van der Waals surface area (Å²) in [5.41, 5.74) is 1.17. The lowest BCUT2D eigenvalue weighted by Gasteiger charge is -2.35. The quantitative estimate of drug-likeness (QED) is 0.243. The first-order chi connectivity index (χ1) is 13.6. The molecule has 1 rings (SSSR count). The molecule has 0 spiro atoms. The monoisotopic (exact) mass is 423 g/mol. The van der Waals surface area contributed by atoms with Crippen molar-refractivity contribution in [1.29, 1.82) is 0 Å². The third kappa shape index (κ3) is 18.9. The zero-order valence-corrected chi connectivity index (χ0v) is 20.9. The van der Waals surface area contributed by atoms with Gasteiger partial charge in [-0.05, 0) is 44.1 Å².